The molecule has 14 nitrogen and oxygen atoms in total. The monoisotopic (exact) mass is 1000 g/mol. The predicted octanol–water partition coefficient (Wildman–Crippen LogP) is 8.31. The molecule has 3 N–H and O–H groups in total. The van der Waals surface area contributed by atoms with E-state index in [0.29, 0.717) is 24.7 Å². The van der Waals surface area contributed by atoms with Crippen molar-refractivity contribution in [2.75, 3.05) is 42.8 Å². The maximum absolute atomic E-state index is 14.0. The predicted molar refractivity (Wildman–Crippen MR) is 263 cm³/mol. The van der Waals surface area contributed by atoms with Crippen molar-refractivity contribution in [2.24, 2.45) is 17.3 Å². The lowest BCUT2D eigenvalue weighted by molar-refractivity contribution is -0.138. The zero-order chi connectivity index (χ0) is 51.0. The van der Waals surface area contributed by atoms with Gasteiger partial charge in [-0.05, 0) is 124 Å². The number of thiazole rings is 1. The molecule has 0 radical (unpaired) electrons. The van der Waals surface area contributed by atoms with Gasteiger partial charge >= 0.3 is 6.18 Å². The lowest BCUT2D eigenvalue weighted by Crippen LogP contribution is -2.53. The Morgan fingerprint density at radius 2 is 1.60 bits per heavy atom. The summed E-state index contributed by atoms with van der Waals surface area (Å²) in [6.07, 6.45) is -3.04. The highest BCUT2D eigenvalue weighted by Crippen LogP contribution is 2.41. The first kappa shape index (κ1) is 53.6. The zero-order valence-electron chi connectivity index (χ0n) is 40.1. The van der Waals surface area contributed by atoms with E-state index in [2.05, 4.69) is 15.6 Å². The molecular formula is C51H59F3N6O8S2. The number of anilines is 2. The molecular weight excluding hydrogens is 946 g/mol. The smallest absolute Gasteiger partial charge is 0.417 e. The van der Waals surface area contributed by atoms with Crippen molar-refractivity contribution in [1.29, 1.82) is 5.26 Å². The van der Waals surface area contributed by atoms with Gasteiger partial charge in [0.1, 0.15) is 17.9 Å². The van der Waals surface area contributed by atoms with Gasteiger partial charge in [-0.1, -0.05) is 45.0 Å². The number of Topliss-reactive ketones (excluding diaryl/α,β-unsaturated/α-hetero) is 1. The van der Waals surface area contributed by atoms with Gasteiger partial charge in [0.05, 0.1) is 76.8 Å². The highest BCUT2D eigenvalue weighted by atomic mass is 32.1. The summed E-state index contributed by atoms with van der Waals surface area (Å²) in [4.78, 5) is 62.0. The van der Waals surface area contributed by atoms with Crippen LogP contribution in [0.15, 0.2) is 72.2 Å². The average Bonchev–Trinajstić information content (AvgIpc) is 3.98. The first-order chi connectivity index (χ1) is 33.1. The summed E-state index contributed by atoms with van der Waals surface area (Å²) in [7, 11) is 0. The van der Waals surface area contributed by atoms with Crippen LogP contribution in [0.1, 0.15) is 89.1 Å². The van der Waals surface area contributed by atoms with Crippen molar-refractivity contribution in [1.82, 2.24) is 15.6 Å². The molecule has 3 aromatic carbocycles. The number of aromatic nitrogens is 1. The van der Waals surface area contributed by atoms with E-state index in [-0.39, 0.29) is 61.7 Å². The topological polar surface area (TPSA) is 183 Å². The van der Waals surface area contributed by atoms with Gasteiger partial charge in [0.25, 0.3) is 5.91 Å². The Labute approximate surface area is 415 Å². The molecule has 0 bridgehead atoms. The van der Waals surface area contributed by atoms with Crippen LogP contribution in [0.4, 0.5) is 24.5 Å². The Morgan fingerprint density at radius 3 is 2.24 bits per heavy atom. The molecule has 4 atom stereocenters. The number of carbonyl (C=O) groups is 4. The summed E-state index contributed by atoms with van der Waals surface area (Å²) in [6.45, 7) is 12.0. The first-order valence-electron chi connectivity index (χ1n) is 23.1. The molecule has 2 fully saturated rings. The summed E-state index contributed by atoms with van der Waals surface area (Å²) in [6, 6.07) is 18.4. The molecule has 1 aromatic heterocycles. The van der Waals surface area contributed by atoms with Gasteiger partial charge in [-0.3, -0.25) is 24.1 Å². The van der Waals surface area contributed by atoms with E-state index in [9.17, 15) is 42.7 Å². The van der Waals surface area contributed by atoms with Crippen molar-refractivity contribution < 1.29 is 51.7 Å². The number of hydrogen-bond donors (Lipinski definition) is 3. The fourth-order valence-electron chi connectivity index (χ4n) is 8.63. The second-order valence-corrected chi connectivity index (χ2v) is 20.2. The van der Waals surface area contributed by atoms with Crippen LogP contribution in [-0.2, 0) is 41.4 Å². The van der Waals surface area contributed by atoms with Crippen LogP contribution in [0.5, 0.6) is 5.75 Å². The molecule has 3 amide bonds. The minimum absolute atomic E-state index is 0.00341. The number of unbranched alkanes of at least 4 members (excludes halogenated alkanes) is 2. The molecule has 2 heterocycles. The molecule has 6 rings (SSSR count). The lowest BCUT2D eigenvalue weighted by Gasteiger charge is -2.33. The van der Waals surface area contributed by atoms with E-state index in [1.165, 1.54) is 6.07 Å². The number of ether oxygens (including phenoxy) is 3. The van der Waals surface area contributed by atoms with E-state index in [1.807, 2.05) is 52.0 Å². The number of ketones is 1. The number of carbonyl (C=O) groups excluding carboxylic acids is 4. The number of nitrogens with one attached hydrogen (secondary N) is 2. The van der Waals surface area contributed by atoms with Gasteiger partial charge in [0.2, 0.25) is 11.8 Å². The minimum atomic E-state index is -4.80. The number of nitrogens with zero attached hydrogens (tertiary/aromatic N) is 4. The molecule has 1 saturated carbocycles. The molecule has 19 heteroatoms. The van der Waals surface area contributed by atoms with E-state index >= 15 is 0 Å². The summed E-state index contributed by atoms with van der Waals surface area (Å²) in [5, 5.41) is 25.6. The van der Waals surface area contributed by atoms with Crippen molar-refractivity contribution in [3.63, 3.8) is 0 Å². The molecule has 1 aliphatic carbocycles. The number of halogens is 3. The van der Waals surface area contributed by atoms with Crippen LogP contribution in [-0.4, -0.2) is 89.4 Å². The maximum Gasteiger partial charge on any atom is 0.417 e. The number of aliphatic hydroxyl groups is 1. The van der Waals surface area contributed by atoms with E-state index in [0.717, 1.165) is 58.0 Å². The minimum Gasteiger partial charge on any atom is -0.494 e. The number of amides is 3. The number of thiocarbonyl (C=S) groups is 1. The van der Waals surface area contributed by atoms with Crippen LogP contribution < -0.4 is 25.2 Å². The fraction of sp³-hybridized carbons (Fsp3) is 0.471. The molecule has 1 aliphatic heterocycles. The van der Waals surface area contributed by atoms with Crippen LogP contribution in [0.2, 0.25) is 0 Å². The van der Waals surface area contributed by atoms with Gasteiger partial charge in [-0.25, -0.2) is 4.98 Å². The third-order valence-electron chi connectivity index (χ3n) is 12.4. The van der Waals surface area contributed by atoms with Crippen molar-refractivity contribution in [2.45, 2.75) is 104 Å². The number of rotatable bonds is 21. The Balaban J connectivity index is 0.867. The fourth-order valence-corrected chi connectivity index (χ4v) is 9.96. The second kappa shape index (κ2) is 23.0. The molecule has 1 saturated heterocycles. The highest BCUT2D eigenvalue weighted by Gasteiger charge is 2.51. The van der Waals surface area contributed by atoms with Crippen LogP contribution in [0, 0.1) is 35.5 Å². The summed E-state index contributed by atoms with van der Waals surface area (Å²) in [5.41, 5.74) is 1.54. The molecule has 2 aliphatic rings. The highest BCUT2D eigenvalue weighted by molar-refractivity contribution is 7.81. The number of aryl methyl sites for hydroxylation is 1. The Morgan fingerprint density at radius 1 is 0.943 bits per heavy atom. The number of aliphatic hydroxyl groups excluding tert-OH is 1. The molecule has 374 valence electrons. The van der Waals surface area contributed by atoms with Crippen molar-refractivity contribution in [3.05, 3.63) is 94.6 Å². The molecule has 70 heavy (non-hydrogen) atoms. The van der Waals surface area contributed by atoms with Gasteiger partial charge in [-0.2, -0.15) is 18.4 Å². The zero-order valence-corrected chi connectivity index (χ0v) is 41.7. The molecule has 0 spiro atoms. The maximum atomic E-state index is 14.0. The first-order valence-corrected chi connectivity index (χ1v) is 24.4. The van der Waals surface area contributed by atoms with Gasteiger partial charge in [0.15, 0.2) is 10.9 Å². The Bertz CT molecular complexity index is 2560. The number of nitriles is 1. The van der Waals surface area contributed by atoms with Crippen LogP contribution >= 0.6 is 23.6 Å². The van der Waals surface area contributed by atoms with Crippen molar-refractivity contribution >= 4 is 63.5 Å². The second-order valence-electron chi connectivity index (χ2n) is 19.0. The van der Waals surface area contributed by atoms with Crippen LogP contribution in [0.3, 0.4) is 0 Å². The number of alkyl halides is 3. The summed E-state index contributed by atoms with van der Waals surface area (Å²) >= 11 is 7.19. The molecule has 4 aromatic rings. The molecule has 2 unspecified atom stereocenters. The third kappa shape index (κ3) is 12.9. The van der Waals surface area contributed by atoms with Gasteiger partial charge < -0.3 is 34.9 Å². The Hall–Kier alpha value is -5.78. The quantitative estimate of drug-likeness (QED) is 0.0537. The largest absolute Gasteiger partial charge is 0.494 e. The van der Waals surface area contributed by atoms with Gasteiger partial charge in [-0.15, -0.1) is 11.3 Å². The normalized spacial score (nSPS) is 18.4. The third-order valence-corrected chi connectivity index (χ3v) is 13.7. The summed E-state index contributed by atoms with van der Waals surface area (Å²) in [5.74, 6) is -2.55. The lowest BCUT2D eigenvalue weighted by atomic mass is 9.77. The SMILES string of the molecule is Cc1ncsc1-c1ccc(CNC(=O)[C@@H]2C[C@@H](O)CC2C(=O)C(NC(=O)COCCOCCCCCOc2ccc(N3C(=S)N(c4ccc(C#N)c(C(F)(F)F)c4)C(=O)C3(C)C)cc2)C(C)(C)C)cc1. The van der Waals surface area contributed by atoms with E-state index < -0.39 is 64.1 Å². The standard InChI is InChI=1S/C51H59F3N6O8S2/c1-31-44(70-30-57-31)33-12-10-32(11-13-33)28-56-46(64)40-26-37(61)25-39(40)43(63)45(49(2,3)4)58-42(62)29-67-23-22-66-20-8-7-9-21-68-38-18-16-35(17-19-38)60-48(69)59(47(65)50(60,5)6)36-15-14-34(27-55)41(24-36)51(52,53)54/h10-19,24,30,37,39-40,45,61H,7-9,20-23,25-26,28-29H2,1-6H3,(H,56,64)(H,58,62)/t37-,39?,40+,45?/m0/s1. The summed E-state index contributed by atoms with van der Waals surface area (Å²) < 4.78 is 58.3. The number of hydrogen-bond acceptors (Lipinski definition) is 12. The number of benzene rings is 3. The Kier molecular flexibility index (Phi) is 17.6. The van der Waals surface area contributed by atoms with Crippen molar-refractivity contribution in [3.8, 4) is 22.3 Å². The van der Waals surface area contributed by atoms with E-state index in [1.54, 1.807) is 65.9 Å². The van der Waals surface area contributed by atoms with Crippen LogP contribution in [0.25, 0.3) is 10.4 Å². The van der Waals surface area contributed by atoms with E-state index in [4.69, 9.17) is 26.4 Å². The van der Waals surface area contributed by atoms with Gasteiger partial charge in [0, 0.05) is 24.8 Å². The average molecular weight is 1010 g/mol.